The van der Waals surface area contributed by atoms with Gasteiger partial charge in [-0.1, -0.05) is 52.7 Å². The molecule has 1 unspecified atom stereocenters. The highest BCUT2D eigenvalue weighted by Crippen LogP contribution is 2.23. The van der Waals surface area contributed by atoms with Crippen molar-refractivity contribution in [2.75, 3.05) is 16.8 Å². The highest BCUT2D eigenvalue weighted by atomic mass is 79.9. The fourth-order valence-electron chi connectivity index (χ4n) is 1.91. The van der Waals surface area contributed by atoms with E-state index in [4.69, 9.17) is 0 Å². The average Bonchev–Trinajstić information content (AvgIpc) is 2.32. The second-order valence-electron chi connectivity index (χ2n) is 4.70. The molecular weight excluding hydrogens is 312 g/mol. The van der Waals surface area contributed by atoms with Crippen LogP contribution in [0.4, 0.5) is 0 Å². The SMILES string of the molecule is CCCS(=O)(=O)CCC(CBr)c1ccc(C)cc1. The van der Waals surface area contributed by atoms with Crippen LogP contribution in [-0.2, 0) is 9.84 Å². The lowest BCUT2D eigenvalue weighted by Gasteiger charge is -2.14. The maximum absolute atomic E-state index is 11.7. The van der Waals surface area contributed by atoms with Gasteiger partial charge in [-0.25, -0.2) is 8.42 Å². The summed E-state index contributed by atoms with van der Waals surface area (Å²) in [5.74, 6) is 0.859. The maximum atomic E-state index is 11.7. The van der Waals surface area contributed by atoms with E-state index in [0.29, 0.717) is 18.6 Å². The first-order chi connectivity index (χ1) is 8.48. The second kappa shape index (κ2) is 7.29. The van der Waals surface area contributed by atoms with Gasteiger partial charge in [-0.3, -0.25) is 0 Å². The molecule has 0 aliphatic rings. The van der Waals surface area contributed by atoms with Gasteiger partial charge >= 0.3 is 0 Å². The molecule has 0 amide bonds. The topological polar surface area (TPSA) is 34.1 Å². The Morgan fingerprint density at radius 2 is 1.78 bits per heavy atom. The number of halogens is 1. The summed E-state index contributed by atoms with van der Waals surface area (Å²) in [5.41, 5.74) is 2.44. The van der Waals surface area contributed by atoms with Crippen LogP contribution in [0.2, 0.25) is 0 Å². The van der Waals surface area contributed by atoms with Gasteiger partial charge in [-0.15, -0.1) is 0 Å². The summed E-state index contributed by atoms with van der Waals surface area (Å²) in [6, 6.07) is 8.33. The summed E-state index contributed by atoms with van der Waals surface area (Å²) >= 11 is 3.48. The largest absolute Gasteiger partial charge is 0.229 e. The van der Waals surface area contributed by atoms with Crippen LogP contribution in [0.3, 0.4) is 0 Å². The molecule has 0 heterocycles. The molecule has 4 heteroatoms. The molecule has 0 aromatic heterocycles. The van der Waals surface area contributed by atoms with Crippen molar-refractivity contribution in [3.63, 3.8) is 0 Å². The number of aryl methyl sites for hydroxylation is 1. The van der Waals surface area contributed by atoms with Crippen molar-refractivity contribution in [3.05, 3.63) is 35.4 Å². The van der Waals surface area contributed by atoms with E-state index in [-0.39, 0.29) is 11.7 Å². The number of hydrogen-bond donors (Lipinski definition) is 0. The molecule has 0 N–H and O–H groups in total. The third-order valence-corrected chi connectivity index (χ3v) is 5.70. The first kappa shape index (κ1) is 15.7. The molecule has 1 atom stereocenters. The van der Waals surface area contributed by atoms with Crippen molar-refractivity contribution in [2.24, 2.45) is 0 Å². The van der Waals surface area contributed by atoms with Crippen molar-refractivity contribution in [2.45, 2.75) is 32.6 Å². The van der Waals surface area contributed by atoms with E-state index in [1.807, 2.05) is 6.92 Å². The number of alkyl halides is 1. The van der Waals surface area contributed by atoms with Crippen LogP contribution in [0.5, 0.6) is 0 Å². The van der Waals surface area contributed by atoms with E-state index >= 15 is 0 Å². The van der Waals surface area contributed by atoms with Gasteiger partial charge in [0.15, 0.2) is 0 Å². The van der Waals surface area contributed by atoms with Gasteiger partial charge in [0.05, 0.1) is 5.75 Å². The van der Waals surface area contributed by atoms with E-state index in [1.165, 1.54) is 11.1 Å². The van der Waals surface area contributed by atoms with E-state index in [9.17, 15) is 8.42 Å². The molecule has 0 bridgehead atoms. The fourth-order valence-corrected chi connectivity index (χ4v) is 4.07. The lowest BCUT2D eigenvalue weighted by atomic mass is 9.98. The highest BCUT2D eigenvalue weighted by molar-refractivity contribution is 9.09. The quantitative estimate of drug-likeness (QED) is 0.713. The molecule has 1 aromatic rings. The van der Waals surface area contributed by atoms with E-state index in [2.05, 4.69) is 47.1 Å². The molecule has 0 spiro atoms. The van der Waals surface area contributed by atoms with E-state index in [1.54, 1.807) is 0 Å². The Bertz CT molecular complexity index is 451. The highest BCUT2D eigenvalue weighted by Gasteiger charge is 2.15. The summed E-state index contributed by atoms with van der Waals surface area (Å²) in [7, 11) is -2.87. The smallest absolute Gasteiger partial charge is 0.150 e. The van der Waals surface area contributed by atoms with Crippen LogP contribution in [0.25, 0.3) is 0 Å². The average molecular weight is 333 g/mol. The molecule has 2 nitrogen and oxygen atoms in total. The predicted octanol–water partition coefficient (Wildman–Crippen LogP) is 3.69. The maximum Gasteiger partial charge on any atom is 0.150 e. The summed E-state index contributed by atoms with van der Waals surface area (Å²) in [4.78, 5) is 0. The lowest BCUT2D eigenvalue weighted by molar-refractivity contribution is 0.588. The van der Waals surface area contributed by atoms with Gasteiger partial charge in [0.1, 0.15) is 9.84 Å². The van der Waals surface area contributed by atoms with Gasteiger partial charge in [0, 0.05) is 11.1 Å². The van der Waals surface area contributed by atoms with Gasteiger partial charge in [-0.05, 0) is 31.2 Å². The van der Waals surface area contributed by atoms with Crippen LogP contribution in [0.15, 0.2) is 24.3 Å². The van der Waals surface area contributed by atoms with E-state index < -0.39 is 9.84 Å². The Kier molecular flexibility index (Phi) is 6.36. The second-order valence-corrected chi connectivity index (χ2v) is 7.65. The van der Waals surface area contributed by atoms with Crippen molar-refractivity contribution in [1.29, 1.82) is 0 Å². The first-order valence-corrected chi connectivity index (χ1v) is 9.25. The molecule has 102 valence electrons. The van der Waals surface area contributed by atoms with Gasteiger partial charge in [0.25, 0.3) is 0 Å². The molecule has 0 saturated carbocycles. The van der Waals surface area contributed by atoms with Crippen molar-refractivity contribution in [3.8, 4) is 0 Å². The van der Waals surface area contributed by atoms with Crippen molar-refractivity contribution in [1.82, 2.24) is 0 Å². The molecule has 18 heavy (non-hydrogen) atoms. The number of hydrogen-bond acceptors (Lipinski definition) is 2. The van der Waals surface area contributed by atoms with Crippen LogP contribution in [-0.4, -0.2) is 25.3 Å². The van der Waals surface area contributed by atoms with Crippen LogP contribution >= 0.6 is 15.9 Å². The molecular formula is C14H21BrO2S. The molecule has 1 aromatic carbocycles. The minimum atomic E-state index is -2.87. The Hall–Kier alpha value is -0.350. The standard InChI is InChI=1S/C14H21BrO2S/c1-3-9-18(16,17)10-8-14(11-15)13-6-4-12(2)5-7-13/h4-7,14H,3,8-11H2,1-2H3. The van der Waals surface area contributed by atoms with Gasteiger partial charge in [-0.2, -0.15) is 0 Å². The minimum absolute atomic E-state index is 0.275. The number of benzene rings is 1. The fraction of sp³-hybridized carbons (Fsp3) is 0.571. The van der Waals surface area contributed by atoms with E-state index in [0.717, 1.165) is 5.33 Å². The number of sulfone groups is 1. The zero-order valence-electron chi connectivity index (χ0n) is 11.0. The summed E-state index contributed by atoms with van der Waals surface area (Å²) in [6.07, 6.45) is 1.39. The summed E-state index contributed by atoms with van der Waals surface area (Å²) in [5, 5.41) is 0.803. The zero-order valence-corrected chi connectivity index (χ0v) is 13.4. The lowest BCUT2D eigenvalue weighted by Crippen LogP contribution is -2.14. The Morgan fingerprint density at radius 1 is 1.17 bits per heavy atom. The normalized spacial score (nSPS) is 13.5. The van der Waals surface area contributed by atoms with Crippen molar-refractivity contribution < 1.29 is 8.42 Å². The monoisotopic (exact) mass is 332 g/mol. The van der Waals surface area contributed by atoms with Crippen LogP contribution in [0.1, 0.15) is 36.8 Å². The zero-order chi connectivity index (χ0) is 13.6. The molecule has 0 radical (unpaired) electrons. The summed E-state index contributed by atoms with van der Waals surface area (Å²) in [6.45, 7) is 3.96. The number of rotatable bonds is 7. The predicted molar refractivity (Wildman–Crippen MR) is 81.3 cm³/mol. The van der Waals surface area contributed by atoms with Gasteiger partial charge < -0.3 is 0 Å². The van der Waals surface area contributed by atoms with Gasteiger partial charge in [0.2, 0.25) is 0 Å². The molecule has 0 saturated heterocycles. The Balaban J connectivity index is 2.65. The van der Waals surface area contributed by atoms with Crippen molar-refractivity contribution >= 4 is 25.8 Å². The third kappa shape index (κ3) is 5.11. The molecule has 0 aliphatic carbocycles. The minimum Gasteiger partial charge on any atom is -0.229 e. The molecule has 1 rings (SSSR count). The first-order valence-electron chi connectivity index (χ1n) is 6.31. The van der Waals surface area contributed by atoms with Crippen LogP contribution < -0.4 is 0 Å². The summed E-state index contributed by atoms with van der Waals surface area (Å²) < 4.78 is 23.4. The molecule has 0 aliphatic heterocycles. The van der Waals surface area contributed by atoms with Crippen LogP contribution in [0, 0.1) is 6.92 Å². The molecule has 0 fully saturated rings. The Labute approximate surface area is 119 Å². The Morgan fingerprint density at radius 3 is 2.28 bits per heavy atom. The third-order valence-electron chi connectivity index (χ3n) is 3.03.